The summed E-state index contributed by atoms with van der Waals surface area (Å²) in [6.07, 6.45) is 4.21. The van der Waals surface area contributed by atoms with Crippen molar-refractivity contribution in [2.75, 3.05) is 7.11 Å². The number of hydrogen-bond acceptors (Lipinski definition) is 2. The molecule has 0 radical (unpaired) electrons. The molecule has 0 aliphatic heterocycles. The Morgan fingerprint density at radius 2 is 1.82 bits per heavy atom. The van der Waals surface area contributed by atoms with Crippen molar-refractivity contribution in [1.29, 1.82) is 0 Å². The van der Waals surface area contributed by atoms with Crippen LogP contribution in [0.1, 0.15) is 30.5 Å². The van der Waals surface area contributed by atoms with Crippen molar-refractivity contribution in [2.45, 2.75) is 19.4 Å². The van der Waals surface area contributed by atoms with Crippen LogP contribution >= 0.6 is 0 Å². The van der Waals surface area contributed by atoms with Gasteiger partial charge in [0.05, 0.1) is 13.2 Å². The summed E-state index contributed by atoms with van der Waals surface area (Å²) in [6, 6.07) is 17.6. The van der Waals surface area contributed by atoms with Crippen molar-refractivity contribution >= 4 is 12.0 Å². The summed E-state index contributed by atoms with van der Waals surface area (Å²) in [5, 5.41) is 3.03. The molecule has 0 aliphatic carbocycles. The molecule has 3 heteroatoms. The fourth-order valence-corrected chi connectivity index (χ4v) is 2.21. The minimum Gasteiger partial charge on any atom is -0.497 e. The summed E-state index contributed by atoms with van der Waals surface area (Å²) in [6.45, 7) is 2.06. The average molecular weight is 295 g/mol. The van der Waals surface area contributed by atoms with E-state index in [1.54, 1.807) is 19.3 Å². The van der Waals surface area contributed by atoms with Crippen molar-refractivity contribution in [2.24, 2.45) is 0 Å². The van der Waals surface area contributed by atoms with Gasteiger partial charge in [0.1, 0.15) is 5.75 Å². The highest BCUT2D eigenvalue weighted by atomic mass is 16.5. The molecule has 0 spiro atoms. The lowest BCUT2D eigenvalue weighted by molar-refractivity contribution is -0.117. The molecule has 0 unspecified atom stereocenters. The third-order valence-corrected chi connectivity index (χ3v) is 3.47. The first kappa shape index (κ1) is 15.8. The minimum absolute atomic E-state index is 0.0363. The maximum atomic E-state index is 12.1. The van der Waals surface area contributed by atoms with Gasteiger partial charge in [0, 0.05) is 6.08 Å². The smallest absolute Gasteiger partial charge is 0.244 e. The molecule has 3 nitrogen and oxygen atoms in total. The van der Waals surface area contributed by atoms with Gasteiger partial charge < -0.3 is 10.1 Å². The fourth-order valence-electron chi connectivity index (χ4n) is 2.21. The van der Waals surface area contributed by atoms with E-state index in [1.807, 2.05) is 54.6 Å². The third kappa shape index (κ3) is 4.48. The highest BCUT2D eigenvalue weighted by Gasteiger charge is 2.10. The zero-order chi connectivity index (χ0) is 15.8. The largest absolute Gasteiger partial charge is 0.497 e. The van der Waals surface area contributed by atoms with Gasteiger partial charge in [-0.2, -0.15) is 0 Å². The van der Waals surface area contributed by atoms with E-state index in [0.717, 1.165) is 23.3 Å². The third-order valence-electron chi connectivity index (χ3n) is 3.47. The van der Waals surface area contributed by atoms with E-state index in [4.69, 9.17) is 4.74 Å². The quantitative estimate of drug-likeness (QED) is 0.819. The highest BCUT2D eigenvalue weighted by Crippen LogP contribution is 2.16. The van der Waals surface area contributed by atoms with E-state index < -0.39 is 0 Å². The molecule has 0 saturated carbocycles. The van der Waals surface area contributed by atoms with Gasteiger partial charge in [-0.15, -0.1) is 0 Å². The molecule has 1 atom stereocenters. The number of methoxy groups -OCH3 is 1. The number of rotatable bonds is 6. The van der Waals surface area contributed by atoms with E-state index in [-0.39, 0.29) is 11.9 Å². The van der Waals surface area contributed by atoms with Gasteiger partial charge in [0.2, 0.25) is 5.91 Å². The first-order valence-corrected chi connectivity index (χ1v) is 7.40. The highest BCUT2D eigenvalue weighted by molar-refractivity contribution is 5.92. The van der Waals surface area contributed by atoms with Crippen LogP contribution in [0.25, 0.3) is 6.08 Å². The number of benzene rings is 2. The Balaban J connectivity index is 1.97. The van der Waals surface area contributed by atoms with E-state index in [0.29, 0.717) is 0 Å². The van der Waals surface area contributed by atoms with Gasteiger partial charge in [0.15, 0.2) is 0 Å². The second kappa shape index (κ2) is 8.03. The maximum Gasteiger partial charge on any atom is 0.244 e. The van der Waals surface area contributed by atoms with Crippen LogP contribution in [0.3, 0.4) is 0 Å². The summed E-state index contributed by atoms with van der Waals surface area (Å²) >= 11 is 0. The lowest BCUT2D eigenvalue weighted by atomic mass is 10.0. The van der Waals surface area contributed by atoms with E-state index in [2.05, 4.69) is 12.2 Å². The second-order valence-electron chi connectivity index (χ2n) is 4.99. The monoisotopic (exact) mass is 295 g/mol. The van der Waals surface area contributed by atoms with Crippen molar-refractivity contribution < 1.29 is 9.53 Å². The Bertz CT molecular complexity index is 618. The van der Waals surface area contributed by atoms with Gasteiger partial charge in [-0.3, -0.25) is 4.79 Å². The molecule has 2 aromatic carbocycles. The molecule has 0 heterocycles. The number of nitrogens with one attached hydrogen (secondary N) is 1. The Morgan fingerprint density at radius 3 is 2.41 bits per heavy atom. The molecule has 0 bridgehead atoms. The summed E-state index contributed by atoms with van der Waals surface area (Å²) in [7, 11) is 1.63. The lowest BCUT2D eigenvalue weighted by Gasteiger charge is -2.16. The van der Waals surface area contributed by atoms with Crippen LogP contribution < -0.4 is 10.1 Å². The summed E-state index contributed by atoms with van der Waals surface area (Å²) < 4.78 is 5.11. The van der Waals surface area contributed by atoms with E-state index in [1.165, 1.54) is 0 Å². The molecule has 1 amide bonds. The zero-order valence-electron chi connectivity index (χ0n) is 13.0. The van der Waals surface area contributed by atoms with Crippen LogP contribution in [0.4, 0.5) is 0 Å². The van der Waals surface area contributed by atoms with E-state index >= 15 is 0 Å². The molecule has 0 fully saturated rings. The first-order valence-electron chi connectivity index (χ1n) is 7.40. The van der Waals surface area contributed by atoms with Crippen molar-refractivity contribution in [3.8, 4) is 5.75 Å². The number of hydrogen-bond donors (Lipinski definition) is 1. The van der Waals surface area contributed by atoms with Crippen LogP contribution in [0.2, 0.25) is 0 Å². The van der Waals surface area contributed by atoms with Gasteiger partial charge in [0.25, 0.3) is 0 Å². The molecular formula is C19H21NO2. The van der Waals surface area contributed by atoms with Gasteiger partial charge in [-0.05, 0) is 35.8 Å². The van der Waals surface area contributed by atoms with Crippen LogP contribution in [0.5, 0.6) is 5.75 Å². The second-order valence-corrected chi connectivity index (χ2v) is 4.99. The standard InChI is InChI=1S/C19H21NO2/c1-3-18(16-7-5-4-6-8-16)20-19(21)14-11-15-9-12-17(22-2)13-10-15/h4-14,18H,3H2,1-2H3,(H,20,21)/b14-11+/t18-/m0/s1. The summed E-state index contributed by atoms with van der Waals surface area (Å²) in [4.78, 5) is 12.1. The van der Waals surface area contributed by atoms with Crippen LogP contribution in [0.15, 0.2) is 60.7 Å². The normalized spacial score (nSPS) is 12.1. The molecule has 114 valence electrons. The van der Waals surface area contributed by atoms with Gasteiger partial charge >= 0.3 is 0 Å². The van der Waals surface area contributed by atoms with E-state index in [9.17, 15) is 4.79 Å². The van der Waals surface area contributed by atoms with Crippen molar-refractivity contribution in [3.05, 3.63) is 71.8 Å². The van der Waals surface area contributed by atoms with Gasteiger partial charge in [-0.25, -0.2) is 0 Å². The molecule has 0 aliphatic rings. The topological polar surface area (TPSA) is 38.3 Å². The summed E-state index contributed by atoms with van der Waals surface area (Å²) in [5.41, 5.74) is 2.08. The Hall–Kier alpha value is -2.55. The predicted molar refractivity (Wildman–Crippen MR) is 89.6 cm³/mol. The Kier molecular flexibility index (Phi) is 5.78. The molecule has 2 rings (SSSR count). The Morgan fingerprint density at radius 1 is 1.14 bits per heavy atom. The van der Waals surface area contributed by atoms with Crippen LogP contribution in [-0.2, 0) is 4.79 Å². The SMILES string of the molecule is CC[C@H](NC(=O)/C=C/c1ccc(OC)cc1)c1ccccc1. The number of carbonyl (C=O) groups is 1. The zero-order valence-corrected chi connectivity index (χ0v) is 13.0. The molecule has 0 saturated heterocycles. The molecule has 2 aromatic rings. The summed E-state index contributed by atoms with van der Waals surface area (Å²) in [5.74, 6) is 0.711. The van der Waals surface area contributed by atoms with Gasteiger partial charge in [-0.1, -0.05) is 49.4 Å². The fraction of sp³-hybridized carbons (Fsp3) is 0.211. The lowest BCUT2D eigenvalue weighted by Crippen LogP contribution is -2.26. The Labute approximate surface area is 131 Å². The average Bonchev–Trinajstić information content (AvgIpc) is 2.59. The minimum atomic E-state index is -0.0912. The van der Waals surface area contributed by atoms with Crippen molar-refractivity contribution in [1.82, 2.24) is 5.32 Å². The van der Waals surface area contributed by atoms with Crippen molar-refractivity contribution in [3.63, 3.8) is 0 Å². The predicted octanol–water partition coefficient (Wildman–Crippen LogP) is 3.98. The van der Waals surface area contributed by atoms with Crippen LogP contribution in [-0.4, -0.2) is 13.0 Å². The molecular weight excluding hydrogens is 274 g/mol. The molecule has 1 N–H and O–H groups in total. The van der Waals surface area contributed by atoms with Crippen LogP contribution in [0, 0.1) is 0 Å². The molecule has 0 aromatic heterocycles. The number of amides is 1. The number of carbonyl (C=O) groups excluding carboxylic acids is 1. The molecule has 22 heavy (non-hydrogen) atoms. The number of ether oxygens (including phenoxy) is 1. The first-order chi connectivity index (χ1) is 10.7. The maximum absolute atomic E-state index is 12.1.